The van der Waals surface area contributed by atoms with E-state index in [0.717, 1.165) is 62.8 Å². The Bertz CT molecular complexity index is 846. The second-order valence-electron chi connectivity index (χ2n) is 8.11. The first-order valence-electron chi connectivity index (χ1n) is 11.1. The fourth-order valence-corrected chi connectivity index (χ4v) is 4.71. The van der Waals surface area contributed by atoms with Crippen molar-refractivity contribution in [3.63, 3.8) is 0 Å². The second kappa shape index (κ2) is 11.7. The van der Waals surface area contributed by atoms with Gasteiger partial charge in [-0.2, -0.15) is 0 Å². The number of rotatable bonds is 9. The maximum Gasteiger partial charge on any atom is 0.220 e. The highest BCUT2D eigenvalue weighted by Crippen LogP contribution is 2.25. The van der Waals surface area contributed by atoms with Gasteiger partial charge in [-0.15, -0.1) is 11.3 Å². The molecule has 8 heteroatoms. The van der Waals surface area contributed by atoms with Crippen LogP contribution in [0.15, 0.2) is 40.8 Å². The molecule has 0 aromatic carbocycles. The summed E-state index contributed by atoms with van der Waals surface area (Å²) in [5.74, 6) is 2.07. The molecule has 0 saturated carbocycles. The van der Waals surface area contributed by atoms with E-state index in [1.807, 2.05) is 23.6 Å². The molecule has 1 amide bonds. The summed E-state index contributed by atoms with van der Waals surface area (Å²) in [6.45, 7) is 8.14. The minimum atomic E-state index is -0.194. The molecular formula is C23H34N6OS. The Morgan fingerprint density at radius 3 is 2.81 bits per heavy atom. The Hall–Kier alpha value is -2.61. The van der Waals surface area contributed by atoms with E-state index in [4.69, 9.17) is 10.7 Å². The van der Waals surface area contributed by atoms with Crippen LogP contribution in [0.3, 0.4) is 0 Å². The van der Waals surface area contributed by atoms with Gasteiger partial charge in [-0.05, 0) is 49.6 Å². The topological polar surface area (TPSA) is 95.6 Å². The molecule has 1 saturated heterocycles. The van der Waals surface area contributed by atoms with E-state index in [0.29, 0.717) is 12.5 Å². The Balaban J connectivity index is 1.59. The second-order valence-corrected chi connectivity index (χ2v) is 9.15. The van der Waals surface area contributed by atoms with Crippen molar-refractivity contribution in [2.24, 2.45) is 22.6 Å². The number of hydrogen-bond donors (Lipinski definition) is 3. The number of nitrogens with one attached hydrogen (secondary N) is 2. The summed E-state index contributed by atoms with van der Waals surface area (Å²) < 4.78 is 0. The molecule has 0 spiro atoms. The summed E-state index contributed by atoms with van der Waals surface area (Å²) in [5, 5.41) is 8.95. The van der Waals surface area contributed by atoms with E-state index >= 15 is 0 Å². The molecular weight excluding hydrogens is 408 g/mol. The van der Waals surface area contributed by atoms with Crippen molar-refractivity contribution in [3.8, 4) is 0 Å². The molecule has 31 heavy (non-hydrogen) atoms. The summed E-state index contributed by atoms with van der Waals surface area (Å²) >= 11 is 1.81. The summed E-state index contributed by atoms with van der Waals surface area (Å²) in [6.07, 6.45) is 4.44. The van der Waals surface area contributed by atoms with Gasteiger partial charge in [0.1, 0.15) is 5.82 Å². The van der Waals surface area contributed by atoms with Crippen molar-refractivity contribution in [1.29, 1.82) is 0 Å². The molecule has 4 N–H and O–H groups in total. The molecule has 1 aliphatic heterocycles. The lowest BCUT2D eigenvalue weighted by Crippen LogP contribution is -2.40. The zero-order chi connectivity index (χ0) is 22.1. The maximum atomic E-state index is 11.5. The van der Waals surface area contributed by atoms with Crippen molar-refractivity contribution in [1.82, 2.24) is 15.6 Å². The minimum absolute atomic E-state index is 0.0258. The largest absolute Gasteiger partial charge is 0.369 e. The van der Waals surface area contributed by atoms with Crippen molar-refractivity contribution < 1.29 is 4.79 Å². The van der Waals surface area contributed by atoms with Crippen LogP contribution in [-0.4, -0.2) is 43.0 Å². The van der Waals surface area contributed by atoms with Crippen LogP contribution in [0.5, 0.6) is 0 Å². The van der Waals surface area contributed by atoms with E-state index in [-0.39, 0.29) is 11.8 Å². The molecule has 168 valence electrons. The number of carbonyl (C=O) groups is 1. The zero-order valence-electron chi connectivity index (χ0n) is 18.5. The van der Waals surface area contributed by atoms with Gasteiger partial charge in [0.2, 0.25) is 5.91 Å². The molecule has 2 aromatic rings. The highest BCUT2D eigenvalue weighted by atomic mass is 32.1. The minimum Gasteiger partial charge on any atom is -0.369 e. The number of thiophene rings is 1. The standard InChI is InChI=1S/C23H34N6OS/c1-3-25-23(27-15-17(2)14-20-7-5-13-31-20)28-16-19-6-4-10-26-22(19)29-11-8-18(9-12-29)21(24)30/h4-7,10,13,17-18H,3,8-9,11-12,14-16H2,1-2H3,(H2,24,30)(H2,25,27,28). The molecule has 1 unspecified atom stereocenters. The van der Waals surface area contributed by atoms with Crippen LogP contribution in [0, 0.1) is 11.8 Å². The third-order valence-corrected chi connectivity index (χ3v) is 6.46. The molecule has 3 heterocycles. The zero-order valence-corrected chi connectivity index (χ0v) is 19.3. The van der Waals surface area contributed by atoms with E-state index in [1.165, 1.54) is 4.88 Å². The van der Waals surface area contributed by atoms with E-state index in [1.54, 1.807) is 0 Å². The number of guanidine groups is 1. The Morgan fingerprint density at radius 1 is 1.32 bits per heavy atom. The van der Waals surface area contributed by atoms with Crippen molar-refractivity contribution in [2.45, 2.75) is 39.7 Å². The number of hydrogen-bond acceptors (Lipinski definition) is 5. The highest BCUT2D eigenvalue weighted by molar-refractivity contribution is 7.09. The third-order valence-electron chi connectivity index (χ3n) is 5.56. The van der Waals surface area contributed by atoms with Gasteiger partial charge < -0.3 is 21.3 Å². The molecule has 1 atom stereocenters. The van der Waals surface area contributed by atoms with Gasteiger partial charge in [0.05, 0.1) is 6.54 Å². The van der Waals surface area contributed by atoms with Crippen LogP contribution in [-0.2, 0) is 17.8 Å². The fourth-order valence-electron chi connectivity index (χ4n) is 3.84. The average Bonchev–Trinajstić information content (AvgIpc) is 3.29. The molecule has 1 aliphatic rings. The van der Waals surface area contributed by atoms with Gasteiger partial charge in [-0.3, -0.25) is 4.79 Å². The monoisotopic (exact) mass is 442 g/mol. The first-order valence-corrected chi connectivity index (χ1v) is 12.0. The van der Waals surface area contributed by atoms with Gasteiger partial charge in [0.25, 0.3) is 0 Å². The first kappa shape index (κ1) is 23.1. The summed E-state index contributed by atoms with van der Waals surface area (Å²) in [7, 11) is 0. The lowest BCUT2D eigenvalue weighted by Gasteiger charge is -2.32. The quantitative estimate of drug-likeness (QED) is 0.410. The molecule has 0 aliphatic carbocycles. The maximum absolute atomic E-state index is 11.5. The summed E-state index contributed by atoms with van der Waals surface area (Å²) in [6, 6.07) is 8.33. The van der Waals surface area contributed by atoms with Crippen LogP contribution < -0.4 is 21.3 Å². The fraction of sp³-hybridized carbons (Fsp3) is 0.522. The number of primary amides is 1. The molecule has 1 fully saturated rings. The number of aromatic nitrogens is 1. The number of nitrogens with two attached hydrogens (primary N) is 1. The number of pyridine rings is 1. The smallest absolute Gasteiger partial charge is 0.220 e. The number of nitrogens with zero attached hydrogens (tertiary/aromatic N) is 3. The third kappa shape index (κ3) is 6.95. The Morgan fingerprint density at radius 2 is 2.13 bits per heavy atom. The van der Waals surface area contributed by atoms with Crippen LogP contribution in [0.4, 0.5) is 5.82 Å². The van der Waals surface area contributed by atoms with Gasteiger partial charge in [-0.25, -0.2) is 9.98 Å². The van der Waals surface area contributed by atoms with E-state index in [9.17, 15) is 4.79 Å². The SMILES string of the molecule is CCNC(=NCc1cccnc1N1CCC(C(N)=O)CC1)NCC(C)Cc1cccs1. The van der Waals surface area contributed by atoms with Crippen LogP contribution in [0.2, 0.25) is 0 Å². The first-order chi connectivity index (χ1) is 15.1. The van der Waals surface area contributed by atoms with Gasteiger partial charge in [-0.1, -0.05) is 19.1 Å². The highest BCUT2D eigenvalue weighted by Gasteiger charge is 2.24. The van der Waals surface area contributed by atoms with Crippen LogP contribution in [0.1, 0.15) is 37.1 Å². The number of anilines is 1. The van der Waals surface area contributed by atoms with Gasteiger partial charge in [0, 0.05) is 48.7 Å². The van der Waals surface area contributed by atoms with Gasteiger partial charge >= 0.3 is 0 Å². The summed E-state index contributed by atoms with van der Waals surface area (Å²) in [5.41, 5.74) is 6.56. The number of piperidine rings is 1. The molecule has 0 radical (unpaired) electrons. The number of amides is 1. The summed E-state index contributed by atoms with van der Waals surface area (Å²) in [4.78, 5) is 24.5. The van der Waals surface area contributed by atoms with Crippen molar-refractivity contribution >= 4 is 29.0 Å². The number of aliphatic imine (C=N–C) groups is 1. The van der Waals surface area contributed by atoms with E-state index < -0.39 is 0 Å². The number of carbonyl (C=O) groups excluding carboxylic acids is 1. The lowest BCUT2D eigenvalue weighted by atomic mass is 9.96. The molecule has 2 aromatic heterocycles. The Labute approximate surface area is 189 Å². The predicted octanol–water partition coefficient (Wildman–Crippen LogP) is 2.78. The molecule has 7 nitrogen and oxygen atoms in total. The molecule has 3 rings (SSSR count). The predicted molar refractivity (Wildman–Crippen MR) is 128 cm³/mol. The van der Waals surface area contributed by atoms with Crippen molar-refractivity contribution in [3.05, 3.63) is 46.3 Å². The molecule has 0 bridgehead atoms. The van der Waals surface area contributed by atoms with Gasteiger partial charge in [0.15, 0.2) is 5.96 Å². The average molecular weight is 443 g/mol. The Kier molecular flexibility index (Phi) is 8.70. The van der Waals surface area contributed by atoms with Crippen LogP contribution >= 0.6 is 11.3 Å². The van der Waals surface area contributed by atoms with E-state index in [2.05, 4.69) is 57.9 Å². The normalized spacial score (nSPS) is 16.2. The van der Waals surface area contributed by atoms with Crippen LogP contribution in [0.25, 0.3) is 0 Å². The lowest BCUT2D eigenvalue weighted by molar-refractivity contribution is -0.122. The van der Waals surface area contributed by atoms with Crippen molar-refractivity contribution in [2.75, 3.05) is 31.1 Å².